The summed E-state index contributed by atoms with van der Waals surface area (Å²) in [5.41, 5.74) is 4.31. The number of amides is 1. The molecule has 21 heavy (non-hydrogen) atoms. The Kier molecular flexibility index (Phi) is 2.68. The van der Waals surface area contributed by atoms with E-state index in [1.807, 2.05) is 24.3 Å². The number of hydrogen-bond acceptors (Lipinski definition) is 6. The zero-order valence-corrected chi connectivity index (χ0v) is 11.5. The zero-order valence-electron chi connectivity index (χ0n) is 10.7. The molecule has 0 saturated carbocycles. The van der Waals surface area contributed by atoms with Gasteiger partial charge in [0.05, 0.1) is 0 Å². The minimum atomic E-state index is -0.302. The van der Waals surface area contributed by atoms with Crippen molar-refractivity contribution in [2.24, 2.45) is 0 Å². The molecule has 8 heteroatoms. The maximum atomic E-state index is 12.3. The van der Waals surface area contributed by atoms with Crippen LogP contribution in [0.4, 0.5) is 5.13 Å². The van der Waals surface area contributed by atoms with E-state index in [2.05, 4.69) is 25.7 Å². The van der Waals surface area contributed by atoms with Gasteiger partial charge in [-0.05, 0) is 12.1 Å². The van der Waals surface area contributed by atoms with E-state index in [0.29, 0.717) is 17.4 Å². The number of fused-ring (bicyclic) bond motifs is 3. The molecule has 0 fully saturated rings. The van der Waals surface area contributed by atoms with Crippen molar-refractivity contribution in [3.05, 3.63) is 41.0 Å². The molecular formula is C13H9N5O2S. The molecule has 3 aromatic rings. The van der Waals surface area contributed by atoms with Gasteiger partial charge in [-0.25, -0.2) is 0 Å². The van der Waals surface area contributed by atoms with Crippen LogP contribution in [0.15, 0.2) is 29.8 Å². The highest BCUT2D eigenvalue weighted by Gasteiger charge is 2.26. The van der Waals surface area contributed by atoms with Gasteiger partial charge in [0.15, 0.2) is 0 Å². The molecule has 1 aliphatic rings. The number of nitrogens with one attached hydrogen (secondary N) is 2. The number of H-pyrrole nitrogens is 1. The van der Waals surface area contributed by atoms with Crippen LogP contribution in [-0.2, 0) is 6.61 Å². The fourth-order valence-corrected chi connectivity index (χ4v) is 2.68. The van der Waals surface area contributed by atoms with Crippen LogP contribution in [0.25, 0.3) is 11.3 Å². The van der Waals surface area contributed by atoms with Crippen molar-refractivity contribution in [3.63, 3.8) is 0 Å². The Bertz CT molecular complexity index is 812. The van der Waals surface area contributed by atoms with Crippen molar-refractivity contribution in [1.82, 2.24) is 20.4 Å². The molecule has 1 aromatic carbocycles. The Balaban J connectivity index is 1.71. The number of ether oxygens (including phenoxy) is 1. The first-order valence-corrected chi connectivity index (χ1v) is 7.08. The SMILES string of the molecule is O=C(Nc1nncs1)c1[nH]nc2c1COc1ccccc1-2. The lowest BCUT2D eigenvalue weighted by atomic mass is 10.0. The number of hydrogen-bond donors (Lipinski definition) is 2. The molecule has 7 nitrogen and oxygen atoms in total. The van der Waals surface area contributed by atoms with E-state index in [4.69, 9.17) is 4.74 Å². The summed E-state index contributed by atoms with van der Waals surface area (Å²) < 4.78 is 5.67. The lowest BCUT2D eigenvalue weighted by Crippen LogP contribution is -2.16. The average Bonchev–Trinajstić information content (AvgIpc) is 3.15. The van der Waals surface area contributed by atoms with E-state index in [9.17, 15) is 4.79 Å². The molecule has 4 rings (SSSR count). The Morgan fingerprint density at radius 2 is 2.29 bits per heavy atom. The minimum Gasteiger partial charge on any atom is -0.488 e. The molecule has 0 unspecified atom stereocenters. The van der Waals surface area contributed by atoms with Crippen LogP contribution >= 0.6 is 11.3 Å². The van der Waals surface area contributed by atoms with Crippen molar-refractivity contribution in [3.8, 4) is 17.0 Å². The largest absolute Gasteiger partial charge is 0.488 e. The summed E-state index contributed by atoms with van der Waals surface area (Å²) in [6, 6.07) is 7.61. The van der Waals surface area contributed by atoms with Crippen LogP contribution in [0.5, 0.6) is 5.75 Å². The van der Waals surface area contributed by atoms with E-state index in [1.54, 1.807) is 5.51 Å². The van der Waals surface area contributed by atoms with Crippen LogP contribution in [0.2, 0.25) is 0 Å². The highest BCUT2D eigenvalue weighted by Crippen LogP contribution is 2.37. The van der Waals surface area contributed by atoms with Crippen LogP contribution < -0.4 is 10.1 Å². The quantitative estimate of drug-likeness (QED) is 0.755. The summed E-state index contributed by atoms with van der Waals surface area (Å²) in [4.78, 5) is 12.3. The summed E-state index contributed by atoms with van der Waals surface area (Å²) >= 11 is 1.25. The van der Waals surface area contributed by atoms with Crippen LogP contribution in [0.1, 0.15) is 16.1 Å². The van der Waals surface area contributed by atoms with Gasteiger partial charge in [-0.15, -0.1) is 10.2 Å². The van der Waals surface area contributed by atoms with E-state index >= 15 is 0 Å². The van der Waals surface area contributed by atoms with Gasteiger partial charge >= 0.3 is 0 Å². The molecule has 104 valence electrons. The van der Waals surface area contributed by atoms with Gasteiger partial charge in [-0.1, -0.05) is 23.5 Å². The van der Waals surface area contributed by atoms with Gasteiger partial charge in [0, 0.05) is 11.1 Å². The molecule has 0 atom stereocenters. The van der Waals surface area contributed by atoms with E-state index in [-0.39, 0.29) is 5.91 Å². The maximum Gasteiger partial charge on any atom is 0.275 e. The topological polar surface area (TPSA) is 92.8 Å². The fourth-order valence-electron chi connectivity index (χ4n) is 2.24. The summed E-state index contributed by atoms with van der Waals surface area (Å²) in [5, 5.41) is 17.6. The third-order valence-corrected chi connectivity index (χ3v) is 3.80. The number of nitrogens with zero attached hydrogens (tertiary/aromatic N) is 3. The molecule has 0 bridgehead atoms. The van der Waals surface area contributed by atoms with Gasteiger partial charge in [0.2, 0.25) is 5.13 Å². The van der Waals surface area contributed by atoms with Gasteiger partial charge in [-0.3, -0.25) is 15.2 Å². The Hall–Kier alpha value is -2.74. The zero-order chi connectivity index (χ0) is 14.2. The first kappa shape index (κ1) is 12.0. The van der Waals surface area contributed by atoms with Gasteiger partial charge in [0.25, 0.3) is 5.91 Å². The predicted molar refractivity (Wildman–Crippen MR) is 76.2 cm³/mol. The molecular weight excluding hydrogens is 290 g/mol. The van der Waals surface area contributed by atoms with Crippen LogP contribution in [0, 0.1) is 0 Å². The van der Waals surface area contributed by atoms with Crippen molar-refractivity contribution in [1.29, 1.82) is 0 Å². The summed E-state index contributed by atoms with van der Waals surface area (Å²) in [6.45, 7) is 0.307. The minimum absolute atomic E-state index is 0.302. The van der Waals surface area contributed by atoms with Crippen LogP contribution in [-0.4, -0.2) is 26.3 Å². The smallest absolute Gasteiger partial charge is 0.275 e. The molecule has 1 amide bonds. The standard InChI is InChI=1S/C13H9N5O2S/c19-12(15-13-18-14-6-21-13)11-8-5-20-9-4-2-1-3-7(9)10(8)16-17-11/h1-4,6H,5H2,(H,16,17)(H,15,18,19). The first-order valence-electron chi connectivity index (χ1n) is 6.20. The van der Waals surface area contributed by atoms with Crippen molar-refractivity contribution < 1.29 is 9.53 Å². The molecule has 0 radical (unpaired) electrons. The Morgan fingerprint density at radius 3 is 3.14 bits per heavy atom. The average molecular weight is 299 g/mol. The van der Waals surface area contributed by atoms with Crippen molar-refractivity contribution >= 4 is 22.4 Å². The number of anilines is 1. The number of carbonyl (C=O) groups excluding carboxylic acids is 1. The van der Waals surface area contributed by atoms with Crippen molar-refractivity contribution in [2.45, 2.75) is 6.61 Å². The lowest BCUT2D eigenvalue weighted by Gasteiger charge is -2.16. The monoisotopic (exact) mass is 299 g/mol. The molecule has 0 spiro atoms. The maximum absolute atomic E-state index is 12.3. The third-order valence-electron chi connectivity index (χ3n) is 3.19. The molecule has 3 heterocycles. The van der Waals surface area contributed by atoms with Gasteiger partial charge in [-0.2, -0.15) is 5.10 Å². The van der Waals surface area contributed by atoms with Crippen molar-refractivity contribution in [2.75, 3.05) is 5.32 Å². The summed E-state index contributed by atoms with van der Waals surface area (Å²) in [6.07, 6.45) is 0. The lowest BCUT2D eigenvalue weighted by molar-refractivity contribution is 0.101. The van der Waals surface area contributed by atoms with E-state index in [1.165, 1.54) is 11.3 Å². The third kappa shape index (κ3) is 1.96. The summed E-state index contributed by atoms with van der Waals surface area (Å²) in [7, 11) is 0. The molecule has 2 N–H and O–H groups in total. The predicted octanol–water partition coefficient (Wildman–Crippen LogP) is 2.07. The number of para-hydroxylation sites is 1. The first-order chi connectivity index (χ1) is 10.3. The van der Waals surface area contributed by atoms with E-state index < -0.39 is 0 Å². The fraction of sp³-hybridized carbons (Fsp3) is 0.0769. The van der Waals surface area contributed by atoms with Gasteiger partial charge in [0.1, 0.15) is 29.3 Å². The number of rotatable bonds is 2. The second-order valence-corrected chi connectivity index (χ2v) is 5.24. The number of carbonyl (C=O) groups is 1. The highest BCUT2D eigenvalue weighted by molar-refractivity contribution is 7.13. The molecule has 1 aliphatic heterocycles. The van der Waals surface area contributed by atoms with E-state index in [0.717, 1.165) is 22.6 Å². The Morgan fingerprint density at radius 1 is 1.38 bits per heavy atom. The molecule has 0 aliphatic carbocycles. The highest BCUT2D eigenvalue weighted by atomic mass is 32.1. The van der Waals surface area contributed by atoms with Crippen LogP contribution in [0.3, 0.4) is 0 Å². The number of aromatic amines is 1. The number of benzene rings is 1. The molecule has 2 aromatic heterocycles. The second kappa shape index (κ2) is 4.67. The Labute approximate surface area is 123 Å². The summed E-state index contributed by atoms with van der Waals surface area (Å²) in [5.74, 6) is 0.469. The molecule has 0 saturated heterocycles. The van der Waals surface area contributed by atoms with Gasteiger partial charge < -0.3 is 4.74 Å². The second-order valence-electron chi connectivity index (χ2n) is 4.41. The normalized spacial score (nSPS) is 12.2. The number of aromatic nitrogens is 4.